The largest absolute Gasteiger partial charge is 0.480 e. The van der Waals surface area contributed by atoms with Crippen molar-refractivity contribution in [1.82, 2.24) is 20.5 Å². The number of carbonyl (C=O) groups is 4. The lowest BCUT2D eigenvalue weighted by Crippen LogP contribution is -2.52. The monoisotopic (exact) mass is 588 g/mol. The molecule has 40 heavy (non-hydrogen) atoms. The van der Waals surface area contributed by atoms with Crippen LogP contribution in [-0.4, -0.2) is 63.9 Å². The minimum absolute atomic E-state index is 0.00226. The molecular formula is C29H34Cl2N4O5. The SMILES string of the molecule is O=C(CC[C@@H](NC(=O)c1cc(Cl)cc(Cl)c1)C(=O)N1CCC2(CCCC2)CC1)N[C@H](Cc1ccccn1)C(=O)O. The molecule has 1 spiro atoms. The van der Waals surface area contributed by atoms with E-state index >= 15 is 0 Å². The normalized spacial score (nSPS) is 17.7. The fourth-order valence-electron chi connectivity index (χ4n) is 5.70. The van der Waals surface area contributed by atoms with Crippen molar-refractivity contribution in [1.29, 1.82) is 0 Å². The summed E-state index contributed by atoms with van der Waals surface area (Å²) in [4.78, 5) is 57.2. The third-order valence-corrected chi connectivity index (χ3v) is 8.40. The Morgan fingerprint density at radius 3 is 2.23 bits per heavy atom. The summed E-state index contributed by atoms with van der Waals surface area (Å²) in [6.45, 7) is 1.21. The van der Waals surface area contributed by atoms with Gasteiger partial charge in [0, 0.05) is 53.4 Å². The number of piperidine rings is 1. The number of amides is 3. The molecule has 3 N–H and O–H groups in total. The van der Waals surface area contributed by atoms with Crippen LogP contribution in [0.15, 0.2) is 42.6 Å². The van der Waals surface area contributed by atoms with E-state index in [4.69, 9.17) is 23.2 Å². The molecule has 11 heteroatoms. The highest BCUT2D eigenvalue weighted by atomic mass is 35.5. The molecule has 2 aromatic rings. The molecule has 1 saturated heterocycles. The second-order valence-corrected chi connectivity index (χ2v) is 11.6. The molecule has 3 amide bonds. The standard InChI is InChI=1S/C29H34Cl2N4O5/c30-20-15-19(16-21(31)17-20)26(37)34-23(27(38)35-13-10-29(11-14-35)8-2-3-9-29)6-7-25(36)33-24(28(39)40)18-22-5-1-4-12-32-22/h1,4-5,12,15-17,23-24H,2-3,6-11,13-14,18H2,(H,33,36)(H,34,37)(H,39,40)/t23-,24-/m1/s1. The van der Waals surface area contributed by atoms with Gasteiger partial charge in [0.05, 0.1) is 0 Å². The molecular weight excluding hydrogens is 555 g/mol. The molecule has 9 nitrogen and oxygen atoms in total. The number of likely N-dealkylation sites (tertiary alicyclic amines) is 1. The molecule has 2 atom stereocenters. The van der Waals surface area contributed by atoms with Crippen LogP contribution in [0.1, 0.15) is 67.4 Å². The maximum absolute atomic E-state index is 13.6. The van der Waals surface area contributed by atoms with E-state index in [9.17, 15) is 24.3 Å². The van der Waals surface area contributed by atoms with Gasteiger partial charge in [0.1, 0.15) is 12.1 Å². The van der Waals surface area contributed by atoms with E-state index in [-0.39, 0.29) is 40.8 Å². The van der Waals surface area contributed by atoms with Crippen molar-refractivity contribution in [2.45, 2.75) is 69.9 Å². The van der Waals surface area contributed by atoms with Crippen molar-refractivity contribution in [2.75, 3.05) is 13.1 Å². The number of rotatable bonds is 10. The van der Waals surface area contributed by atoms with Crippen LogP contribution >= 0.6 is 23.2 Å². The van der Waals surface area contributed by atoms with Gasteiger partial charge in [0.25, 0.3) is 5.91 Å². The average molecular weight is 590 g/mol. The second kappa shape index (κ2) is 13.5. The van der Waals surface area contributed by atoms with Gasteiger partial charge in [-0.1, -0.05) is 42.1 Å². The van der Waals surface area contributed by atoms with Gasteiger partial charge in [-0.2, -0.15) is 0 Å². The smallest absolute Gasteiger partial charge is 0.326 e. The number of hydrogen-bond acceptors (Lipinski definition) is 5. The summed E-state index contributed by atoms with van der Waals surface area (Å²) in [5, 5.41) is 15.5. The first-order chi connectivity index (χ1) is 19.1. The van der Waals surface area contributed by atoms with Crippen molar-refractivity contribution < 1.29 is 24.3 Å². The lowest BCUT2D eigenvalue weighted by atomic mass is 9.77. The number of pyridine rings is 1. The van der Waals surface area contributed by atoms with Crippen LogP contribution in [0.5, 0.6) is 0 Å². The summed E-state index contributed by atoms with van der Waals surface area (Å²) in [7, 11) is 0. The van der Waals surface area contributed by atoms with E-state index in [0.29, 0.717) is 24.2 Å². The first-order valence-corrected chi connectivity index (χ1v) is 14.4. The number of nitrogens with one attached hydrogen (secondary N) is 2. The lowest BCUT2D eigenvalue weighted by Gasteiger charge is -2.40. The van der Waals surface area contributed by atoms with Crippen LogP contribution in [0.3, 0.4) is 0 Å². The Balaban J connectivity index is 1.42. The molecule has 2 aliphatic rings. The summed E-state index contributed by atoms with van der Waals surface area (Å²) >= 11 is 12.1. The van der Waals surface area contributed by atoms with Crippen LogP contribution < -0.4 is 10.6 Å². The number of carboxylic acids is 1. The Bertz CT molecular complexity index is 1210. The highest BCUT2D eigenvalue weighted by Gasteiger charge is 2.39. The first-order valence-electron chi connectivity index (χ1n) is 13.6. The fourth-order valence-corrected chi connectivity index (χ4v) is 6.23. The Labute approximate surface area is 243 Å². The van der Waals surface area contributed by atoms with Crippen molar-refractivity contribution in [3.63, 3.8) is 0 Å². The highest BCUT2D eigenvalue weighted by molar-refractivity contribution is 6.35. The maximum atomic E-state index is 13.6. The van der Waals surface area contributed by atoms with Gasteiger partial charge >= 0.3 is 5.97 Å². The Morgan fingerprint density at radius 1 is 0.950 bits per heavy atom. The van der Waals surface area contributed by atoms with Gasteiger partial charge in [-0.25, -0.2) is 4.79 Å². The zero-order valence-corrected chi connectivity index (χ0v) is 23.7. The van der Waals surface area contributed by atoms with Gasteiger partial charge in [-0.05, 0) is 67.9 Å². The minimum atomic E-state index is -1.19. The van der Waals surface area contributed by atoms with Crippen molar-refractivity contribution in [2.24, 2.45) is 5.41 Å². The Kier molecular flexibility index (Phi) is 10.0. The number of nitrogens with zero attached hydrogens (tertiary/aromatic N) is 2. The predicted octanol–water partition coefficient (Wildman–Crippen LogP) is 4.26. The summed E-state index contributed by atoms with van der Waals surface area (Å²) in [6, 6.07) is 7.40. The van der Waals surface area contributed by atoms with Crippen molar-refractivity contribution in [3.05, 3.63) is 63.9 Å². The number of aliphatic carboxylic acids is 1. The highest BCUT2D eigenvalue weighted by Crippen LogP contribution is 2.46. The zero-order chi connectivity index (χ0) is 28.7. The van der Waals surface area contributed by atoms with Gasteiger partial charge in [0.2, 0.25) is 11.8 Å². The summed E-state index contributed by atoms with van der Waals surface area (Å²) in [5.74, 6) is -2.52. The van der Waals surface area contributed by atoms with Crippen LogP contribution in [0, 0.1) is 5.41 Å². The van der Waals surface area contributed by atoms with E-state index < -0.39 is 29.9 Å². The third kappa shape index (κ3) is 7.95. The van der Waals surface area contributed by atoms with Crippen molar-refractivity contribution >= 4 is 46.9 Å². The number of halogens is 2. The summed E-state index contributed by atoms with van der Waals surface area (Å²) in [5.41, 5.74) is 1.04. The van der Waals surface area contributed by atoms with Crippen LogP contribution in [0.25, 0.3) is 0 Å². The first kappa shape index (κ1) is 29.8. The van der Waals surface area contributed by atoms with Gasteiger partial charge in [-0.3, -0.25) is 19.4 Å². The van der Waals surface area contributed by atoms with E-state index in [0.717, 1.165) is 12.8 Å². The number of benzene rings is 1. The van der Waals surface area contributed by atoms with Crippen LogP contribution in [0.4, 0.5) is 0 Å². The molecule has 0 unspecified atom stereocenters. The summed E-state index contributed by atoms with van der Waals surface area (Å²) in [6.07, 6.45) is 8.10. The van der Waals surface area contributed by atoms with Gasteiger partial charge in [-0.15, -0.1) is 0 Å². The molecule has 1 aliphatic carbocycles. The number of carbonyl (C=O) groups excluding carboxylic acids is 3. The average Bonchev–Trinajstić information content (AvgIpc) is 3.38. The molecule has 1 aromatic heterocycles. The Hall–Kier alpha value is -3.17. The van der Waals surface area contributed by atoms with Crippen LogP contribution in [-0.2, 0) is 20.8 Å². The molecule has 2 fully saturated rings. The number of hydrogen-bond donors (Lipinski definition) is 3. The molecule has 4 rings (SSSR count). The molecule has 2 heterocycles. The molecule has 1 saturated carbocycles. The van der Waals surface area contributed by atoms with E-state index in [1.165, 1.54) is 43.9 Å². The van der Waals surface area contributed by atoms with E-state index in [2.05, 4.69) is 15.6 Å². The second-order valence-electron chi connectivity index (χ2n) is 10.7. The molecule has 0 radical (unpaired) electrons. The van der Waals surface area contributed by atoms with Gasteiger partial charge < -0.3 is 20.6 Å². The fraction of sp³-hybridized carbons (Fsp3) is 0.483. The molecule has 0 bridgehead atoms. The van der Waals surface area contributed by atoms with Gasteiger partial charge in [0.15, 0.2) is 0 Å². The Morgan fingerprint density at radius 2 is 1.62 bits per heavy atom. The predicted molar refractivity (Wildman–Crippen MR) is 151 cm³/mol. The van der Waals surface area contributed by atoms with E-state index in [1.54, 1.807) is 29.3 Å². The topological polar surface area (TPSA) is 129 Å². The van der Waals surface area contributed by atoms with Crippen molar-refractivity contribution in [3.8, 4) is 0 Å². The number of carboxylic acid groups (broad SMARTS) is 1. The number of aromatic nitrogens is 1. The molecule has 214 valence electrons. The van der Waals surface area contributed by atoms with E-state index in [1.807, 2.05) is 0 Å². The van der Waals surface area contributed by atoms with Crippen LogP contribution in [0.2, 0.25) is 10.0 Å². The molecule has 1 aliphatic heterocycles. The zero-order valence-electron chi connectivity index (χ0n) is 22.2. The third-order valence-electron chi connectivity index (χ3n) is 7.96. The maximum Gasteiger partial charge on any atom is 0.326 e. The minimum Gasteiger partial charge on any atom is -0.480 e. The summed E-state index contributed by atoms with van der Waals surface area (Å²) < 4.78 is 0. The lowest BCUT2D eigenvalue weighted by molar-refractivity contribution is -0.142. The quantitative estimate of drug-likeness (QED) is 0.380. The molecule has 1 aromatic carbocycles.